The van der Waals surface area contributed by atoms with E-state index in [4.69, 9.17) is 4.74 Å². The van der Waals surface area contributed by atoms with E-state index in [1.165, 1.54) is 5.70 Å². The lowest BCUT2D eigenvalue weighted by Gasteiger charge is -2.32. The summed E-state index contributed by atoms with van der Waals surface area (Å²) in [4.78, 5) is 9.18. The number of anilines is 1. The number of nitrogens with zero attached hydrogens (tertiary/aromatic N) is 3. The van der Waals surface area contributed by atoms with E-state index in [0.29, 0.717) is 12.5 Å². The predicted octanol–water partition coefficient (Wildman–Crippen LogP) is 3.58. The summed E-state index contributed by atoms with van der Waals surface area (Å²) in [7, 11) is 2.09. The number of nitrogens with one attached hydrogen (secondary N) is 1. The molecule has 1 aromatic rings. The normalized spacial score (nSPS) is 21.5. The smallest absolute Gasteiger partial charge is 0.139 e. The van der Waals surface area contributed by atoms with Gasteiger partial charge >= 0.3 is 0 Å². The van der Waals surface area contributed by atoms with Gasteiger partial charge in [-0.05, 0) is 56.1 Å². The van der Waals surface area contributed by atoms with Crippen LogP contribution in [-0.4, -0.2) is 55.5 Å². The first-order chi connectivity index (χ1) is 12.7. The van der Waals surface area contributed by atoms with Gasteiger partial charge in [-0.1, -0.05) is 19.9 Å². The van der Waals surface area contributed by atoms with Crippen molar-refractivity contribution < 1.29 is 4.74 Å². The van der Waals surface area contributed by atoms with Crippen LogP contribution in [0.5, 0.6) is 5.75 Å². The van der Waals surface area contributed by atoms with Crippen LogP contribution in [0.15, 0.2) is 53.3 Å². The lowest BCUT2D eigenvalue weighted by Crippen LogP contribution is -2.30. The number of hydrogen-bond acceptors (Lipinski definition) is 5. The Morgan fingerprint density at radius 3 is 2.73 bits per heavy atom. The first kappa shape index (κ1) is 18.5. The summed E-state index contributed by atoms with van der Waals surface area (Å²) in [6.45, 7) is 8.15. The van der Waals surface area contributed by atoms with Crippen LogP contribution in [0, 0.1) is 5.92 Å². The molecule has 0 amide bonds. The van der Waals surface area contributed by atoms with E-state index in [2.05, 4.69) is 77.7 Å². The van der Waals surface area contributed by atoms with Crippen LogP contribution < -0.4 is 10.1 Å². The van der Waals surface area contributed by atoms with Gasteiger partial charge in [0, 0.05) is 37.1 Å². The summed E-state index contributed by atoms with van der Waals surface area (Å²) >= 11 is 0. The molecule has 0 radical (unpaired) electrons. The third-order valence-electron chi connectivity index (χ3n) is 5.00. The molecule has 0 fully saturated rings. The van der Waals surface area contributed by atoms with Crippen molar-refractivity contribution in [1.82, 2.24) is 9.80 Å². The molecule has 3 rings (SSSR count). The molecule has 5 heteroatoms. The van der Waals surface area contributed by atoms with Crippen LogP contribution in [-0.2, 0) is 0 Å². The van der Waals surface area contributed by atoms with Crippen LogP contribution in [0.25, 0.3) is 0 Å². The Morgan fingerprint density at radius 1 is 1.23 bits per heavy atom. The van der Waals surface area contributed by atoms with Crippen molar-refractivity contribution in [2.75, 3.05) is 38.6 Å². The molecule has 26 heavy (non-hydrogen) atoms. The van der Waals surface area contributed by atoms with Gasteiger partial charge in [-0.25, -0.2) is 0 Å². The summed E-state index contributed by atoms with van der Waals surface area (Å²) in [6, 6.07) is 8.14. The summed E-state index contributed by atoms with van der Waals surface area (Å²) in [5, 5.41) is 3.47. The molecule has 2 aliphatic rings. The van der Waals surface area contributed by atoms with Crippen molar-refractivity contribution >= 4 is 11.9 Å². The molecule has 1 N–H and O–H groups in total. The Balaban J connectivity index is 1.52. The number of rotatable bonds is 8. The Hall–Kier alpha value is -2.27. The van der Waals surface area contributed by atoms with Crippen LogP contribution in [0.1, 0.15) is 20.3 Å². The van der Waals surface area contributed by atoms with E-state index in [1.807, 2.05) is 12.1 Å². The van der Waals surface area contributed by atoms with Crippen molar-refractivity contribution in [3.8, 4) is 5.75 Å². The number of fused-ring (bicyclic) bond motifs is 1. The Labute approximate surface area is 157 Å². The average molecular weight is 354 g/mol. The monoisotopic (exact) mass is 354 g/mol. The zero-order chi connectivity index (χ0) is 18.4. The minimum atomic E-state index is -0.0235. The minimum absolute atomic E-state index is 0.0235. The SMILES string of the molecule is CCN(CC)CCOc1ccc(NC2C=C3C(C=N2)CC=CN3C)cc1. The predicted molar refractivity (Wildman–Crippen MR) is 109 cm³/mol. The van der Waals surface area contributed by atoms with Gasteiger partial charge in [-0.2, -0.15) is 0 Å². The molecule has 0 aromatic heterocycles. The van der Waals surface area contributed by atoms with Crippen molar-refractivity contribution in [3.05, 3.63) is 48.3 Å². The second-order valence-electron chi connectivity index (χ2n) is 6.72. The van der Waals surface area contributed by atoms with E-state index in [-0.39, 0.29) is 6.17 Å². The molecule has 0 saturated carbocycles. The standard InChI is InChI=1S/C21H30N4O/c1-4-25(5-2)13-14-26-19-10-8-18(9-11-19)23-21-15-20-17(16-22-21)7-6-12-24(20)3/h6,8-12,15-17,21,23H,4-5,7,13-14H2,1-3H3. The number of benzene rings is 1. The zero-order valence-electron chi connectivity index (χ0n) is 16.1. The summed E-state index contributed by atoms with van der Waals surface area (Å²) in [6.07, 6.45) is 9.61. The highest BCUT2D eigenvalue weighted by Crippen LogP contribution is 2.27. The highest BCUT2D eigenvalue weighted by Gasteiger charge is 2.22. The van der Waals surface area contributed by atoms with E-state index in [0.717, 1.165) is 37.5 Å². The number of dihydropyridines is 1. The fourth-order valence-electron chi connectivity index (χ4n) is 3.34. The number of aliphatic imine (C=N–C) groups is 1. The lowest BCUT2D eigenvalue weighted by molar-refractivity contribution is 0.223. The maximum absolute atomic E-state index is 5.84. The molecular formula is C21H30N4O. The van der Waals surface area contributed by atoms with Gasteiger partial charge in [0.1, 0.15) is 18.5 Å². The molecule has 5 nitrogen and oxygen atoms in total. The molecule has 2 atom stereocenters. The molecule has 140 valence electrons. The van der Waals surface area contributed by atoms with Gasteiger partial charge in [0.05, 0.1) is 0 Å². The molecule has 2 unspecified atom stereocenters. The maximum Gasteiger partial charge on any atom is 0.139 e. The van der Waals surface area contributed by atoms with Gasteiger partial charge < -0.3 is 19.9 Å². The number of likely N-dealkylation sites (N-methyl/N-ethyl adjacent to an activating group) is 1. The van der Waals surface area contributed by atoms with Crippen molar-refractivity contribution in [3.63, 3.8) is 0 Å². The highest BCUT2D eigenvalue weighted by atomic mass is 16.5. The Kier molecular flexibility index (Phi) is 6.34. The molecule has 0 aliphatic carbocycles. The molecule has 2 aliphatic heterocycles. The molecule has 0 bridgehead atoms. The maximum atomic E-state index is 5.84. The molecule has 1 aromatic carbocycles. The van der Waals surface area contributed by atoms with E-state index >= 15 is 0 Å². The lowest BCUT2D eigenvalue weighted by atomic mass is 9.96. The van der Waals surface area contributed by atoms with Gasteiger partial charge in [0.15, 0.2) is 0 Å². The minimum Gasteiger partial charge on any atom is -0.492 e. The number of hydrogen-bond donors (Lipinski definition) is 1. The van der Waals surface area contributed by atoms with Crippen molar-refractivity contribution in [2.24, 2.45) is 10.9 Å². The van der Waals surface area contributed by atoms with Crippen molar-refractivity contribution in [1.29, 1.82) is 0 Å². The van der Waals surface area contributed by atoms with E-state index in [9.17, 15) is 0 Å². The Bertz CT molecular complexity index is 661. The van der Waals surface area contributed by atoms with Crippen LogP contribution in [0.3, 0.4) is 0 Å². The molecule has 2 heterocycles. The van der Waals surface area contributed by atoms with Crippen LogP contribution in [0.4, 0.5) is 5.69 Å². The second-order valence-corrected chi connectivity index (χ2v) is 6.72. The topological polar surface area (TPSA) is 40.1 Å². The highest BCUT2D eigenvalue weighted by molar-refractivity contribution is 5.68. The van der Waals surface area contributed by atoms with Crippen LogP contribution in [0.2, 0.25) is 0 Å². The van der Waals surface area contributed by atoms with Gasteiger partial charge in [-0.3, -0.25) is 4.99 Å². The first-order valence-corrected chi connectivity index (χ1v) is 9.56. The summed E-state index contributed by atoms with van der Waals surface area (Å²) < 4.78 is 5.84. The largest absolute Gasteiger partial charge is 0.492 e. The Morgan fingerprint density at radius 2 is 2.00 bits per heavy atom. The zero-order valence-corrected chi connectivity index (χ0v) is 16.1. The van der Waals surface area contributed by atoms with Crippen molar-refractivity contribution in [2.45, 2.75) is 26.4 Å². The summed E-state index contributed by atoms with van der Waals surface area (Å²) in [5.74, 6) is 1.31. The fraction of sp³-hybridized carbons (Fsp3) is 0.476. The molecule has 0 spiro atoms. The fourth-order valence-corrected chi connectivity index (χ4v) is 3.34. The van der Waals surface area contributed by atoms with E-state index < -0.39 is 0 Å². The van der Waals surface area contributed by atoms with E-state index in [1.54, 1.807) is 0 Å². The first-order valence-electron chi connectivity index (χ1n) is 9.56. The van der Waals surface area contributed by atoms with Crippen LogP contribution >= 0.6 is 0 Å². The van der Waals surface area contributed by atoms with Gasteiger partial charge in [-0.15, -0.1) is 0 Å². The summed E-state index contributed by atoms with van der Waals surface area (Å²) in [5.41, 5.74) is 2.36. The average Bonchev–Trinajstić information content (AvgIpc) is 2.67. The van der Waals surface area contributed by atoms with Gasteiger partial charge in [0.25, 0.3) is 0 Å². The molecule has 0 saturated heterocycles. The number of ether oxygens (including phenoxy) is 1. The third kappa shape index (κ3) is 4.67. The van der Waals surface area contributed by atoms with Gasteiger partial charge in [0.2, 0.25) is 0 Å². The number of allylic oxidation sites excluding steroid dienone is 2. The quantitative estimate of drug-likeness (QED) is 0.775. The second kappa shape index (κ2) is 8.90. The molecular weight excluding hydrogens is 324 g/mol. The third-order valence-corrected chi connectivity index (χ3v) is 5.00.